The highest BCUT2D eigenvalue weighted by Crippen LogP contribution is 2.02. The zero-order chi connectivity index (χ0) is 9.68. The fourth-order valence-corrected chi connectivity index (χ4v) is 0.746. The standard InChI is InChI=1S/C5H6N6O2/c1-3-5(10-13-9-3)4(8-12)2-7-11-6/h12H,2H2,1H3/b8-4-. The molecule has 0 atom stereocenters. The molecule has 0 aliphatic carbocycles. The second kappa shape index (κ2) is 4.07. The van der Waals surface area contributed by atoms with E-state index in [0.29, 0.717) is 5.69 Å². The van der Waals surface area contributed by atoms with E-state index in [4.69, 9.17) is 10.7 Å². The average Bonchev–Trinajstić information content (AvgIpc) is 2.54. The van der Waals surface area contributed by atoms with Gasteiger partial charge in [0, 0.05) is 4.91 Å². The molecule has 1 N–H and O–H groups in total. The largest absolute Gasteiger partial charge is 0.411 e. The minimum absolute atomic E-state index is 0.0952. The lowest BCUT2D eigenvalue weighted by Gasteiger charge is -1.93. The maximum Gasteiger partial charge on any atom is 0.155 e. The highest BCUT2D eigenvalue weighted by atomic mass is 16.6. The topological polar surface area (TPSA) is 120 Å². The van der Waals surface area contributed by atoms with Gasteiger partial charge in [0.05, 0.1) is 6.54 Å². The van der Waals surface area contributed by atoms with Gasteiger partial charge in [-0.3, -0.25) is 0 Å². The molecule has 1 aromatic heterocycles. The summed E-state index contributed by atoms with van der Waals surface area (Å²) in [6.07, 6.45) is 0. The summed E-state index contributed by atoms with van der Waals surface area (Å²) in [5.74, 6) is 0. The summed E-state index contributed by atoms with van der Waals surface area (Å²) in [7, 11) is 0. The van der Waals surface area contributed by atoms with Gasteiger partial charge in [-0.2, -0.15) is 0 Å². The lowest BCUT2D eigenvalue weighted by atomic mass is 10.2. The van der Waals surface area contributed by atoms with E-state index >= 15 is 0 Å². The Kier molecular flexibility index (Phi) is 2.82. The Hall–Kier alpha value is -2.08. The molecule has 0 saturated heterocycles. The van der Waals surface area contributed by atoms with Gasteiger partial charge in [0.25, 0.3) is 0 Å². The number of hydrogen-bond donors (Lipinski definition) is 1. The molecule has 0 unspecified atom stereocenters. The third-order valence-corrected chi connectivity index (χ3v) is 1.33. The third-order valence-electron chi connectivity index (χ3n) is 1.33. The molecule has 0 amide bonds. The van der Waals surface area contributed by atoms with Crippen LogP contribution in [0.2, 0.25) is 0 Å². The fraction of sp³-hybridized carbons (Fsp3) is 0.400. The molecule has 13 heavy (non-hydrogen) atoms. The normalized spacial score (nSPS) is 11.0. The van der Waals surface area contributed by atoms with Crippen molar-refractivity contribution in [3.63, 3.8) is 0 Å². The lowest BCUT2D eigenvalue weighted by Crippen LogP contribution is -2.07. The number of aryl methyl sites for hydroxylation is 1. The number of hydrogen-bond acceptors (Lipinski definition) is 6. The molecule has 0 fully saturated rings. The molecule has 1 aromatic rings. The molecule has 68 valence electrons. The van der Waals surface area contributed by atoms with Crippen LogP contribution in [0.5, 0.6) is 0 Å². The summed E-state index contributed by atoms with van der Waals surface area (Å²) in [4.78, 5) is 2.52. The third kappa shape index (κ3) is 1.94. The van der Waals surface area contributed by atoms with Gasteiger partial charge >= 0.3 is 0 Å². The molecule has 0 bridgehead atoms. The van der Waals surface area contributed by atoms with E-state index in [0.717, 1.165) is 0 Å². The molecule has 0 aliphatic rings. The number of nitrogens with zero attached hydrogens (tertiary/aromatic N) is 6. The second-order valence-corrected chi connectivity index (χ2v) is 2.13. The maximum atomic E-state index is 8.54. The quantitative estimate of drug-likeness (QED) is 0.186. The average molecular weight is 182 g/mol. The van der Waals surface area contributed by atoms with E-state index in [1.807, 2.05) is 0 Å². The van der Waals surface area contributed by atoms with E-state index in [1.165, 1.54) is 0 Å². The Labute approximate surface area is 72.4 Å². The molecule has 8 heteroatoms. The molecule has 8 nitrogen and oxygen atoms in total. The maximum absolute atomic E-state index is 8.54. The van der Waals surface area contributed by atoms with Crippen LogP contribution in [0.1, 0.15) is 11.4 Å². The van der Waals surface area contributed by atoms with Crippen molar-refractivity contribution in [2.45, 2.75) is 6.92 Å². The van der Waals surface area contributed by atoms with E-state index in [2.05, 4.69) is 30.1 Å². The van der Waals surface area contributed by atoms with Gasteiger partial charge in [0.1, 0.15) is 11.4 Å². The van der Waals surface area contributed by atoms with Crippen LogP contribution in [0.4, 0.5) is 0 Å². The van der Waals surface area contributed by atoms with Gasteiger partial charge in [-0.25, -0.2) is 4.63 Å². The van der Waals surface area contributed by atoms with Crippen molar-refractivity contribution in [1.82, 2.24) is 10.3 Å². The highest BCUT2D eigenvalue weighted by Gasteiger charge is 2.12. The van der Waals surface area contributed by atoms with Crippen molar-refractivity contribution in [1.29, 1.82) is 0 Å². The first-order valence-corrected chi connectivity index (χ1v) is 3.31. The first-order valence-electron chi connectivity index (χ1n) is 3.31. The Balaban J connectivity index is 2.92. The first-order chi connectivity index (χ1) is 6.29. The molecule has 0 radical (unpaired) electrons. The van der Waals surface area contributed by atoms with Crippen molar-refractivity contribution < 1.29 is 9.84 Å². The van der Waals surface area contributed by atoms with Crippen molar-refractivity contribution in [3.8, 4) is 0 Å². The Morgan fingerprint density at radius 2 is 2.46 bits per heavy atom. The minimum atomic E-state index is -0.0952. The van der Waals surface area contributed by atoms with Crippen LogP contribution in [0.15, 0.2) is 14.9 Å². The lowest BCUT2D eigenvalue weighted by molar-refractivity contribution is 0.301. The minimum Gasteiger partial charge on any atom is -0.411 e. The smallest absolute Gasteiger partial charge is 0.155 e. The Morgan fingerprint density at radius 1 is 1.69 bits per heavy atom. The van der Waals surface area contributed by atoms with Gasteiger partial charge in [0.2, 0.25) is 0 Å². The predicted molar refractivity (Wildman–Crippen MR) is 41.4 cm³/mol. The number of rotatable bonds is 3. The number of aromatic nitrogens is 2. The van der Waals surface area contributed by atoms with Crippen molar-refractivity contribution >= 4 is 5.71 Å². The summed E-state index contributed by atoms with van der Waals surface area (Å²) >= 11 is 0. The van der Waals surface area contributed by atoms with Gasteiger partial charge in [0.15, 0.2) is 5.69 Å². The van der Waals surface area contributed by atoms with E-state index in [-0.39, 0.29) is 18.0 Å². The summed E-state index contributed by atoms with van der Waals surface area (Å²) in [6, 6.07) is 0. The highest BCUT2D eigenvalue weighted by molar-refractivity contribution is 6.00. The van der Waals surface area contributed by atoms with Crippen LogP contribution < -0.4 is 0 Å². The van der Waals surface area contributed by atoms with Crippen molar-refractivity contribution in [3.05, 3.63) is 21.8 Å². The van der Waals surface area contributed by atoms with Crippen molar-refractivity contribution in [2.75, 3.05) is 6.54 Å². The molecular formula is C5H6N6O2. The molecule has 0 saturated carbocycles. The molecule has 0 spiro atoms. The van der Waals surface area contributed by atoms with Gasteiger partial charge in [-0.1, -0.05) is 15.4 Å². The van der Waals surface area contributed by atoms with E-state index in [9.17, 15) is 0 Å². The van der Waals surface area contributed by atoms with E-state index in [1.54, 1.807) is 6.92 Å². The second-order valence-electron chi connectivity index (χ2n) is 2.13. The monoisotopic (exact) mass is 182 g/mol. The molecule has 0 aromatic carbocycles. The summed E-state index contributed by atoms with van der Waals surface area (Å²) in [5, 5.41) is 21.6. The van der Waals surface area contributed by atoms with Crippen LogP contribution in [-0.4, -0.2) is 27.8 Å². The van der Waals surface area contributed by atoms with Crippen LogP contribution in [0.25, 0.3) is 10.4 Å². The Morgan fingerprint density at radius 3 is 2.92 bits per heavy atom. The van der Waals surface area contributed by atoms with Crippen LogP contribution >= 0.6 is 0 Å². The Bertz CT molecular complexity index is 363. The van der Waals surface area contributed by atoms with Gasteiger partial charge < -0.3 is 5.21 Å². The molecule has 0 aliphatic heterocycles. The molecule has 1 heterocycles. The fourth-order valence-electron chi connectivity index (χ4n) is 0.746. The number of oxime groups is 1. The van der Waals surface area contributed by atoms with Gasteiger partial charge in [-0.15, -0.1) is 0 Å². The van der Waals surface area contributed by atoms with Crippen LogP contribution in [-0.2, 0) is 0 Å². The van der Waals surface area contributed by atoms with Crippen molar-refractivity contribution in [2.24, 2.45) is 10.3 Å². The zero-order valence-electron chi connectivity index (χ0n) is 6.75. The van der Waals surface area contributed by atoms with Crippen LogP contribution in [0, 0.1) is 6.92 Å². The predicted octanol–water partition coefficient (Wildman–Crippen LogP) is 0.867. The zero-order valence-corrected chi connectivity index (χ0v) is 6.75. The summed E-state index contributed by atoms with van der Waals surface area (Å²) < 4.78 is 4.38. The summed E-state index contributed by atoms with van der Waals surface area (Å²) in [6.45, 7) is 1.54. The number of azide groups is 1. The van der Waals surface area contributed by atoms with E-state index < -0.39 is 0 Å². The molecular weight excluding hydrogens is 176 g/mol. The SMILES string of the molecule is Cc1nonc1/C(CN=[N+]=[N-])=N\O. The summed E-state index contributed by atoms with van der Waals surface area (Å²) in [5.41, 5.74) is 8.92. The van der Waals surface area contributed by atoms with Crippen LogP contribution in [0.3, 0.4) is 0 Å². The molecule has 1 rings (SSSR count). The van der Waals surface area contributed by atoms with Gasteiger partial charge in [-0.05, 0) is 17.6 Å². The first kappa shape index (κ1) is 9.01.